The molecule has 1 aliphatic rings. The fraction of sp³-hybridized carbons (Fsp3) is 1.00. The molecule has 0 aromatic carbocycles. The molecule has 0 bridgehead atoms. The second-order valence-corrected chi connectivity index (χ2v) is 5.49. The predicted octanol–water partition coefficient (Wildman–Crippen LogP) is 3.25. The van der Waals surface area contributed by atoms with Gasteiger partial charge in [0, 0.05) is 5.54 Å². The van der Waals surface area contributed by atoms with Gasteiger partial charge in [-0.25, -0.2) is 0 Å². The van der Waals surface area contributed by atoms with E-state index in [4.69, 9.17) is 0 Å². The average Bonchev–Trinajstić information content (AvgIpc) is 2.50. The summed E-state index contributed by atoms with van der Waals surface area (Å²) in [6, 6.07) is 0. The lowest BCUT2D eigenvalue weighted by molar-refractivity contribution is -0.130. The maximum atomic E-state index is 12.3. The topological polar surface area (TPSA) is 32.3 Å². The summed E-state index contributed by atoms with van der Waals surface area (Å²) in [4.78, 5) is 0. The Labute approximate surface area is 107 Å². The van der Waals surface area contributed by atoms with Crippen molar-refractivity contribution < 1.29 is 18.3 Å². The first-order valence-electron chi connectivity index (χ1n) is 6.83. The van der Waals surface area contributed by atoms with E-state index in [1.807, 2.05) is 0 Å². The molecule has 1 fully saturated rings. The highest BCUT2D eigenvalue weighted by Gasteiger charge is 2.36. The van der Waals surface area contributed by atoms with Crippen LogP contribution in [0.15, 0.2) is 0 Å². The van der Waals surface area contributed by atoms with Crippen LogP contribution in [0.1, 0.15) is 51.9 Å². The smallest absolute Gasteiger partial charge is 0.394 e. The van der Waals surface area contributed by atoms with Crippen LogP contribution in [0.25, 0.3) is 0 Å². The molecule has 0 spiro atoms. The van der Waals surface area contributed by atoms with Crippen LogP contribution in [0.4, 0.5) is 13.2 Å². The third kappa shape index (κ3) is 5.14. The van der Waals surface area contributed by atoms with E-state index in [-0.39, 0.29) is 6.61 Å². The molecule has 1 aliphatic carbocycles. The van der Waals surface area contributed by atoms with Gasteiger partial charge in [0.05, 0.1) is 13.2 Å². The third-order valence-electron chi connectivity index (χ3n) is 3.96. The fourth-order valence-corrected chi connectivity index (χ4v) is 2.85. The Morgan fingerprint density at radius 3 is 2.56 bits per heavy atom. The minimum Gasteiger partial charge on any atom is -0.394 e. The summed E-state index contributed by atoms with van der Waals surface area (Å²) in [6.07, 6.45) is 2.22. The van der Waals surface area contributed by atoms with E-state index >= 15 is 0 Å². The zero-order valence-electron chi connectivity index (χ0n) is 11.0. The van der Waals surface area contributed by atoms with Gasteiger partial charge in [-0.2, -0.15) is 13.2 Å². The lowest BCUT2D eigenvalue weighted by Crippen LogP contribution is -2.51. The maximum absolute atomic E-state index is 12.3. The molecule has 2 atom stereocenters. The Morgan fingerprint density at radius 2 is 2.00 bits per heavy atom. The Balaban J connectivity index is 2.53. The molecule has 2 N–H and O–H groups in total. The summed E-state index contributed by atoms with van der Waals surface area (Å²) >= 11 is 0. The van der Waals surface area contributed by atoms with Crippen LogP contribution in [0, 0.1) is 5.92 Å². The zero-order valence-corrected chi connectivity index (χ0v) is 11.0. The number of hydrogen-bond acceptors (Lipinski definition) is 2. The normalized spacial score (nSPS) is 30.2. The van der Waals surface area contributed by atoms with E-state index < -0.39 is 18.3 Å². The molecule has 1 rings (SSSR count). The Morgan fingerprint density at radius 1 is 1.28 bits per heavy atom. The number of halogens is 3. The minimum atomic E-state index is -4.21. The van der Waals surface area contributed by atoms with Gasteiger partial charge in [-0.05, 0) is 25.2 Å². The Kier molecular flexibility index (Phi) is 5.92. The number of aliphatic hydroxyl groups is 1. The molecule has 0 aromatic rings. The van der Waals surface area contributed by atoms with Crippen LogP contribution >= 0.6 is 0 Å². The maximum Gasteiger partial charge on any atom is 0.401 e. The van der Waals surface area contributed by atoms with Crippen molar-refractivity contribution in [3.05, 3.63) is 0 Å². The highest BCUT2D eigenvalue weighted by atomic mass is 19.4. The van der Waals surface area contributed by atoms with Gasteiger partial charge in [0.15, 0.2) is 0 Å². The first kappa shape index (κ1) is 15.8. The highest BCUT2D eigenvalue weighted by molar-refractivity contribution is 4.91. The number of aliphatic hydroxyl groups excluding tert-OH is 1. The van der Waals surface area contributed by atoms with Crippen molar-refractivity contribution >= 4 is 0 Å². The number of alkyl halides is 3. The molecule has 1 saturated carbocycles. The third-order valence-corrected chi connectivity index (χ3v) is 3.96. The van der Waals surface area contributed by atoms with Crippen molar-refractivity contribution in [2.45, 2.75) is 63.6 Å². The van der Waals surface area contributed by atoms with E-state index in [0.717, 1.165) is 32.1 Å². The molecule has 0 amide bonds. The largest absolute Gasteiger partial charge is 0.401 e. The SMILES string of the molecule is CCCC1CCCC(CO)(NCC(F)(F)F)CC1. The molecule has 2 unspecified atom stereocenters. The Hall–Kier alpha value is -0.290. The molecular formula is C13H24F3NO. The van der Waals surface area contributed by atoms with Gasteiger partial charge in [0.1, 0.15) is 0 Å². The standard InChI is InChI=1S/C13H24F3NO/c1-2-4-11-5-3-7-12(10-18,8-6-11)17-9-13(14,15)16/h11,17-18H,2-10H2,1H3. The summed E-state index contributed by atoms with van der Waals surface area (Å²) in [5.74, 6) is 0.608. The van der Waals surface area contributed by atoms with Crippen molar-refractivity contribution in [1.29, 1.82) is 0 Å². The Bertz CT molecular complexity index is 245. The van der Waals surface area contributed by atoms with E-state index in [1.165, 1.54) is 0 Å². The molecular weight excluding hydrogens is 243 g/mol. The molecule has 0 saturated heterocycles. The molecule has 108 valence electrons. The second kappa shape index (κ2) is 6.75. The number of nitrogens with one attached hydrogen (secondary N) is 1. The predicted molar refractivity (Wildman–Crippen MR) is 65.4 cm³/mol. The molecule has 2 nitrogen and oxygen atoms in total. The highest BCUT2D eigenvalue weighted by Crippen LogP contribution is 2.33. The number of hydrogen-bond donors (Lipinski definition) is 2. The van der Waals surface area contributed by atoms with Crippen molar-refractivity contribution in [3.8, 4) is 0 Å². The fourth-order valence-electron chi connectivity index (χ4n) is 2.85. The summed E-state index contributed by atoms with van der Waals surface area (Å²) in [6.45, 7) is 0.917. The zero-order chi connectivity index (χ0) is 13.6. The van der Waals surface area contributed by atoms with Crippen LogP contribution in [-0.4, -0.2) is 30.0 Å². The van der Waals surface area contributed by atoms with Crippen LogP contribution < -0.4 is 5.32 Å². The van der Waals surface area contributed by atoms with Gasteiger partial charge < -0.3 is 10.4 Å². The van der Waals surface area contributed by atoms with Gasteiger partial charge in [-0.3, -0.25) is 0 Å². The summed E-state index contributed by atoms with van der Waals surface area (Å²) in [5.41, 5.74) is -0.724. The molecule has 0 heterocycles. The molecule has 5 heteroatoms. The van der Waals surface area contributed by atoms with E-state index in [2.05, 4.69) is 12.2 Å². The van der Waals surface area contributed by atoms with E-state index in [9.17, 15) is 18.3 Å². The summed E-state index contributed by atoms with van der Waals surface area (Å²) < 4.78 is 36.8. The van der Waals surface area contributed by atoms with Crippen molar-refractivity contribution in [1.82, 2.24) is 5.32 Å². The van der Waals surface area contributed by atoms with Crippen LogP contribution in [0.2, 0.25) is 0 Å². The first-order chi connectivity index (χ1) is 8.41. The van der Waals surface area contributed by atoms with Crippen LogP contribution in [0.3, 0.4) is 0 Å². The summed E-state index contributed by atoms with van der Waals surface area (Å²) in [7, 11) is 0. The lowest BCUT2D eigenvalue weighted by Gasteiger charge is -2.32. The van der Waals surface area contributed by atoms with E-state index in [1.54, 1.807) is 0 Å². The second-order valence-electron chi connectivity index (χ2n) is 5.49. The van der Waals surface area contributed by atoms with Gasteiger partial charge in [-0.15, -0.1) is 0 Å². The quantitative estimate of drug-likeness (QED) is 0.749. The van der Waals surface area contributed by atoms with Crippen molar-refractivity contribution in [2.75, 3.05) is 13.2 Å². The average molecular weight is 267 g/mol. The van der Waals surface area contributed by atoms with Crippen molar-refractivity contribution in [3.63, 3.8) is 0 Å². The lowest BCUT2D eigenvalue weighted by atomic mass is 9.89. The van der Waals surface area contributed by atoms with Gasteiger partial charge in [0.2, 0.25) is 0 Å². The van der Waals surface area contributed by atoms with E-state index in [0.29, 0.717) is 18.8 Å². The molecule has 0 radical (unpaired) electrons. The molecule has 0 aromatic heterocycles. The van der Waals surface area contributed by atoms with Gasteiger partial charge >= 0.3 is 6.18 Å². The van der Waals surface area contributed by atoms with Gasteiger partial charge in [0.25, 0.3) is 0 Å². The number of rotatable bonds is 5. The molecule has 0 aliphatic heterocycles. The summed E-state index contributed by atoms with van der Waals surface area (Å²) in [5, 5.41) is 12.0. The first-order valence-corrected chi connectivity index (χ1v) is 6.83. The van der Waals surface area contributed by atoms with Gasteiger partial charge in [-0.1, -0.05) is 32.6 Å². The monoisotopic (exact) mass is 267 g/mol. The van der Waals surface area contributed by atoms with Crippen molar-refractivity contribution in [2.24, 2.45) is 5.92 Å². The van der Waals surface area contributed by atoms with Crippen LogP contribution in [-0.2, 0) is 0 Å². The van der Waals surface area contributed by atoms with Crippen LogP contribution in [0.5, 0.6) is 0 Å². The minimum absolute atomic E-state index is 0.206. The molecule has 18 heavy (non-hydrogen) atoms.